The molecule has 0 unspecified atom stereocenters. The topological polar surface area (TPSA) is 66.0 Å². The van der Waals surface area contributed by atoms with E-state index in [-0.39, 0.29) is 6.10 Å². The van der Waals surface area contributed by atoms with E-state index in [1.54, 1.807) is 4.68 Å². The molecular formula is C17H18N4O. The van der Waals surface area contributed by atoms with Gasteiger partial charge in [-0.2, -0.15) is 4.68 Å². The van der Waals surface area contributed by atoms with Gasteiger partial charge in [-0.25, -0.2) is 0 Å². The Morgan fingerprint density at radius 3 is 2.32 bits per heavy atom. The Balaban J connectivity index is 1.91. The van der Waals surface area contributed by atoms with E-state index in [1.807, 2.05) is 68.4 Å². The number of anilines is 1. The normalized spacial score (nSPS) is 10.9. The van der Waals surface area contributed by atoms with E-state index in [1.165, 1.54) is 0 Å². The molecule has 3 aromatic rings. The van der Waals surface area contributed by atoms with E-state index < -0.39 is 0 Å². The molecule has 0 atom stereocenters. The van der Waals surface area contributed by atoms with Crippen molar-refractivity contribution >= 4 is 5.82 Å². The van der Waals surface area contributed by atoms with Crippen LogP contribution in [0.1, 0.15) is 13.8 Å². The molecule has 112 valence electrons. The predicted octanol–water partition coefficient (Wildman–Crippen LogP) is 3.30. The van der Waals surface area contributed by atoms with Gasteiger partial charge in [-0.3, -0.25) is 0 Å². The molecule has 0 spiro atoms. The minimum absolute atomic E-state index is 0.148. The molecule has 22 heavy (non-hydrogen) atoms. The number of ether oxygens (including phenoxy) is 1. The smallest absolute Gasteiger partial charge is 0.155 e. The first-order chi connectivity index (χ1) is 10.6. The fraction of sp³-hybridized carbons (Fsp3) is 0.176. The van der Waals surface area contributed by atoms with Crippen molar-refractivity contribution in [1.29, 1.82) is 0 Å². The lowest BCUT2D eigenvalue weighted by molar-refractivity contribution is 0.242. The minimum Gasteiger partial charge on any atom is -0.491 e. The molecule has 2 N–H and O–H groups in total. The van der Waals surface area contributed by atoms with Crippen LogP contribution in [-0.4, -0.2) is 21.1 Å². The van der Waals surface area contributed by atoms with Gasteiger partial charge in [0.2, 0.25) is 0 Å². The maximum atomic E-state index is 6.19. The molecule has 0 saturated carbocycles. The lowest BCUT2D eigenvalue weighted by Gasteiger charge is -2.09. The van der Waals surface area contributed by atoms with Crippen LogP contribution in [0, 0.1) is 0 Å². The van der Waals surface area contributed by atoms with Gasteiger partial charge in [0.25, 0.3) is 0 Å². The van der Waals surface area contributed by atoms with Crippen LogP contribution in [0.2, 0.25) is 0 Å². The lowest BCUT2D eigenvalue weighted by Crippen LogP contribution is -2.05. The second kappa shape index (κ2) is 5.89. The first-order valence-corrected chi connectivity index (χ1v) is 7.19. The zero-order valence-corrected chi connectivity index (χ0v) is 12.6. The molecule has 1 aromatic heterocycles. The van der Waals surface area contributed by atoms with Crippen molar-refractivity contribution < 1.29 is 4.74 Å². The highest BCUT2D eigenvalue weighted by atomic mass is 16.5. The number of nitrogens with zero attached hydrogens (tertiary/aromatic N) is 3. The molecule has 0 saturated heterocycles. The van der Waals surface area contributed by atoms with Crippen molar-refractivity contribution in [3.8, 4) is 22.7 Å². The van der Waals surface area contributed by atoms with E-state index in [9.17, 15) is 0 Å². The SMILES string of the molecule is CC(C)Oc1ccc(-c2nnn(-c3ccccc3)c2N)cc1. The number of hydrogen-bond donors (Lipinski definition) is 1. The van der Waals surface area contributed by atoms with Gasteiger partial charge in [-0.1, -0.05) is 23.4 Å². The quantitative estimate of drug-likeness (QED) is 0.801. The predicted molar refractivity (Wildman–Crippen MR) is 87.0 cm³/mol. The van der Waals surface area contributed by atoms with E-state index in [0.717, 1.165) is 17.0 Å². The molecule has 1 heterocycles. The summed E-state index contributed by atoms with van der Waals surface area (Å²) < 4.78 is 7.27. The molecule has 5 nitrogen and oxygen atoms in total. The van der Waals surface area contributed by atoms with Crippen molar-refractivity contribution in [3.05, 3.63) is 54.6 Å². The number of nitrogen functional groups attached to an aromatic ring is 1. The average Bonchev–Trinajstić information content (AvgIpc) is 2.90. The highest BCUT2D eigenvalue weighted by Gasteiger charge is 2.13. The highest BCUT2D eigenvalue weighted by molar-refractivity contribution is 5.71. The van der Waals surface area contributed by atoms with Gasteiger partial charge in [-0.05, 0) is 50.2 Å². The molecule has 0 bridgehead atoms. The highest BCUT2D eigenvalue weighted by Crippen LogP contribution is 2.27. The number of rotatable bonds is 4. The summed E-state index contributed by atoms with van der Waals surface area (Å²) in [5.41, 5.74) is 8.66. The number of benzene rings is 2. The van der Waals surface area contributed by atoms with Crippen LogP contribution >= 0.6 is 0 Å². The van der Waals surface area contributed by atoms with Gasteiger partial charge in [0.15, 0.2) is 5.82 Å². The van der Waals surface area contributed by atoms with E-state index >= 15 is 0 Å². The van der Waals surface area contributed by atoms with Crippen LogP contribution in [-0.2, 0) is 0 Å². The molecule has 2 aromatic carbocycles. The monoisotopic (exact) mass is 294 g/mol. The third-order valence-electron chi connectivity index (χ3n) is 3.21. The Hall–Kier alpha value is -2.82. The zero-order chi connectivity index (χ0) is 15.5. The fourth-order valence-electron chi connectivity index (χ4n) is 2.22. The van der Waals surface area contributed by atoms with Crippen LogP contribution < -0.4 is 10.5 Å². The summed E-state index contributed by atoms with van der Waals surface area (Å²) >= 11 is 0. The molecule has 0 aliphatic carbocycles. The second-order valence-electron chi connectivity index (χ2n) is 5.26. The molecular weight excluding hydrogens is 276 g/mol. The van der Waals surface area contributed by atoms with Gasteiger partial charge < -0.3 is 10.5 Å². The largest absolute Gasteiger partial charge is 0.491 e. The Labute approximate surface area is 129 Å². The maximum Gasteiger partial charge on any atom is 0.155 e. The Bertz CT molecular complexity index is 748. The first-order valence-electron chi connectivity index (χ1n) is 7.19. The second-order valence-corrected chi connectivity index (χ2v) is 5.26. The fourth-order valence-corrected chi connectivity index (χ4v) is 2.22. The van der Waals surface area contributed by atoms with Crippen molar-refractivity contribution in [2.45, 2.75) is 20.0 Å². The Kier molecular flexibility index (Phi) is 3.78. The van der Waals surface area contributed by atoms with Crippen LogP contribution in [0.15, 0.2) is 54.6 Å². The van der Waals surface area contributed by atoms with E-state index in [2.05, 4.69) is 10.3 Å². The maximum absolute atomic E-state index is 6.19. The van der Waals surface area contributed by atoms with Crippen LogP contribution in [0.5, 0.6) is 5.75 Å². The first kappa shape index (κ1) is 14.1. The van der Waals surface area contributed by atoms with E-state index in [4.69, 9.17) is 10.5 Å². The number of para-hydroxylation sites is 1. The average molecular weight is 294 g/mol. The summed E-state index contributed by atoms with van der Waals surface area (Å²) in [5, 5.41) is 8.34. The standard InChI is InChI=1S/C17H18N4O/c1-12(2)22-15-10-8-13(9-11-15)16-17(18)21(20-19-16)14-6-4-3-5-7-14/h3-12H,18H2,1-2H3. The molecule has 5 heteroatoms. The van der Waals surface area contributed by atoms with Crippen molar-refractivity contribution in [2.75, 3.05) is 5.73 Å². The molecule has 0 amide bonds. The molecule has 0 aliphatic heterocycles. The Morgan fingerprint density at radius 2 is 1.68 bits per heavy atom. The molecule has 0 fully saturated rings. The molecule has 3 rings (SSSR count). The van der Waals surface area contributed by atoms with Gasteiger partial charge in [0.05, 0.1) is 11.8 Å². The van der Waals surface area contributed by atoms with Crippen molar-refractivity contribution in [1.82, 2.24) is 15.0 Å². The number of aromatic nitrogens is 3. The summed E-state index contributed by atoms with van der Waals surface area (Å²) in [4.78, 5) is 0. The Morgan fingerprint density at radius 1 is 1.00 bits per heavy atom. The number of nitrogens with two attached hydrogens (primary N) is 1. The van der Waals surface area contributed by atoms with Crippen LogP contribution in [0.3, 0.4) is 0 Å². The third-order valence-corrected chi connectivity index (χ3v) is 3.21. The summed E-state index contributed by atoms with van der Waals surface area (Å²) in [6.45, 7) is 3.99. The van der Waals surface area contributed by atoms with Crippen molar-refractivity contribution in [3.63, 3.8) is 0 Å². The van der Waals surface area contributed by atoms with Crippen molar-refractivity contribution in [2.24, 2.45) is 0 Å². The summed E-state index contributed by atoms with van der Waals surface area (Å²) in [6, 6.07) is 17.4. The van der Waals surface area contributed by atoms with Gasteiger partial charge in [0, 0.05) is 5.56 Å². The van der Waals surface area contributed by atoms with Gasteiger partial charge in [0.1, 0.15) is 11.4 Å². The van der Waals surface area contributed by atoms with Crippen LogP contribution in [0.4, 0.5) is 5.82 Å². The lowest BCUT2D eigenvalue weighted by atomic mass is 10.1. The summed E-state index contributed by atoms with van der Waals surface area (Å²) in [6.07, 6.45) is 0.148. The van der Waals surface area contributed by atoms with Crippen LogP contribution in [0.25, 0.3) is 16.9 Å². The summed E-state index contributed by atoms with van der Waals surface area (Å²) in [5.74, 6) is 1.34. The zero-order valence-electron chi connectivity index (χ0n) is 12.6. The molecule has 0 aliphatic rings. The summed E-state index contributed by atoms with van der Waals surface area (Å²) in [7, 11) is 0. The van der Waals surface area contributed by atoms with E-state index in [0.29, 0.717) is 11.5 Å². The number of hydrogen-bond acceptors (Lipinski definition) is 4. The van der Waals surface area contributed by atoms with Gasteiger partial charge in [-0.15, -0.1) is 5.10 Å². The minimum atomic E-state index is 0.148. The van der Waals surface area contributed by atoms with Gasteiger partial charge >= 0.3 is 0 Å². The third kappa shape index (κ3) is 2.79. The molecule has 0 radical (unpaired) electrons.